The second kappa shape index (κ2) is 12.8. The van der Waals surface area contributed by atoms with Crippen LogP contribution < -0.4 is 10.8 Å². The number of nitrogen functional groups attached to an aromatic ring is 1. The summed E-state index contributed by atoms with van der Waals surface area (Å²) in [6, 6.07) is 4.65. The van der Waals surface area contributed by atoms with Crippen LogP contribution >= 0.6 is 19.8 Å². The van der Waals surface area contributed by atoms with Gasteiger partial charge in [-0.3, -0.25) is 9.36 Å². The molecular formula is C24H30ClFN6O7P+. The zero-order valence-corrected chi connectivity index (χ0v) is 23.6. The van der Waals surface area contributed by atoms with E-state index in [0.29, 0.717) is 6.42 Å². The third-order valence-electron chi connectivity index (χ3n) is 6.42. The van der Waals surface area contributed by atoms with Gasteiger partial charge in [0.1, 0.15) is 36.5 Å². The SMILES string of the molecule is Cc1ccc(CC(C)OC(=O)C(C)N[P+](=O)OCC2OC(n3cnc4c(N)nc(Cl)nc43)C(F)C2O)cc1CO. The Kier molecular flexibility index (Phi) is 9.62. The Labute approximate surface area is 234 Å². The van der Waals surface area contributed by atoms with Crippen molar-refractivity contribution in [3.05, 3.63) is 46.5 Å². The number of halogens is 2. The Bertz CT molecular complexity index is 1400. The first-order valence-electron chi connectivity index (χ1n) is 12.4. The summed E-state index contributed by atoms with van der Waals surface area (Å²) < 4.78 is 44.9. The van der Waals surface area contributed by atoms with Crippen LogP contribution in [0.4, 0.5) is 10.2 Å². The number of aromatic nitrogens is 4. The molecule has 16 heteroatoms. The van der Waals surface area contributed by atoms with Crippen LogP contribution in [0, 0.1) is 6.92 Å². The fraction of sp³-hybridized carbons (Fsp3) is 0.500. The maximum absolute atomic E-state index is 15.0. The van der Waals surface area contributed by atoms with E-state index in [-0.39, 0.29) is 28.9 Å². The molecule has 0 aliphatic carbocycles. The normalized spacial score (nSPS) is 22.8. The number of anilines is 1. The molecule has 4 rings (SSSR count). The van der Waals surface area contributed by atoms with Gasteiger partial charge in [0.15, 0.2) is 23.9 Å². The molecule has 1 aliphatic rings. The van der Waals surface area contributed by atoms with Gasteiger partial charge in [-0.25, -0.2) is 9.37 Å². The number of esters is 1. The number of aliphatic hydroxyl groups excluding tert-OH is 2. The summed E-state index contributed by atoms with van der Waals surface area (Å²) in [7, 11) is -2.60. The maximum Gasteiger partial charge on any atom is 0.613 e. The molecule has 7 unspecified atom stereocenters. The van der Waals surface area contributed by atoms with Crippen LogP contribution in [-0.4, -0.2) is 72.8 Å². The summed E-state index contributed by atoms with van der Waals surface area (Å²) in [6.07, 6.45) is -4.86. The standard InChI is InChI=1S/C24H30ClFN6O7P/c1-11-4-5-14(7-15(11)8-33)6-12(2)38-23(35)13(3)31-40(36)37-9-16-19(34)17(26)22(39-16)32-10-28-18-20(27)29-24(25)30-21(18)32/h4-5,7,10,12-13,16-17,19,22,33-34H,6,8-9H2,1-3H3,(H,31,36)(H2,27,29,30)/q+1. The number of alkyl halides is 1. The van der Waals surface area contributed by atoms with Crippen molar-refractivity contribution in [1.82, 2.24) is 24.6 Å². The lowest BCUT2D eigenvalue weighted by Crippen LogP contribution is -2.35. The lowest BCUT2D eigenvalue weighted by molar-refractivity contribution is -0.149. The second-order valence-electron chi connectivity index (χ2n) is 9.48. The van der Waals surface area contributed by atoms with Gasteiger partial charge in [-0.1, -0.05) is 23.3 Å². The van der Waals surface area contributed by atoms with E-state index in [1.807, 2.05) is 25.1 Å². The number of carbonyl (C=O) groups is 1. The van der Waals surface area contributed by atoms with E-state index >= 15 is 0 Å². The molecule has 3 heterocycles. The number of fused-ring (bicyclic) bond motifs is 1. The number of nitrogens with zero attached hydrogens (tertiary/aromatic N) is 4. The van der Waals surface area contributed by atoms with Crippen molar-refractivity contribution in [3.8, 4) is 0 Å². The smallest absolute Gasteiger partial charge is 0.461 e. The Balaban J connectivity index is 1.27. The zero-order chi connectivity index (χ0) is 29.1. The van der Waals surface area contributed by atoms with E-state index in [4.69, 9.17) is 31.3 Å². The fourth-order valence-electron chi connectivity index (χ4n) is 4.25. The molecule has 1 aromatic carbocycles. The van der Waals surface area contributed by atoms with Crippen molar-refractivity contribution in [2.45, 2.75) is 70.6 Å². The van der Waals surface area contributed by atoms with Crippen molar-refractivity contribution >= 4 is 42.7 Å². The molecule has 0 radical (unpaired) electrons. The number of aryl methyl sites for hydroxylation is 1. The van der Waals surface area contributed by atoms with Crippen LogP contribution in [0.15, 0.2) is 24.5 Å². The van der Waals surface area contributed by atoms with Gasteiger partial charge in [-0.2, -0.15) is 9.97 Å². The van der Waals surface area contributed by atoms with Gasteiger partial charge in [-0.05, 0) is 53.6 Å². The molecule has 7 atom stereocenters. The zero-order valence-electron chi connectivity index (χ0n) is 21.9. The molecule has 13 nitrogen and oxygen atoms in total. The average molecular weight is 600 g/mol. The summed E-state index contributed by atoms with van der Waals surface area (Å²) in [5.41, 5.74) is 8.74. The highest BCUT2D eigenvalue weighted by atomic mass is 35.5. The summed E-state index contributed by atoms with van der Waals surface area (Å²) in [5, 5.41) is 22.1. The minimum atomic E-state index is -2.60. The summed E-state index contributed by atoms with van der Waals surface area (Å²) >= 11 is 5.85. The molecule has 216 valence electrons. The molecule has 2 aromatic heterocycles. The summed E-state index contributed by atoms with van der Waals surface area (Å²) in [5.74, 6) is -0.652. The molecule has 1 fully saturated rings. The number of benzene rings is 1. The van der Waals surface area contributed by atoms with Crippen molar-refractivity contribution in [2.24, 2.45) is 0 Å². The third-order valence-corrected chi connectivity index (χ3v) is 7.57. The monoisotopic (exact) mass is 599 g/mol. The number of aliphatic hydroxyl groups is 2. The number of hydrogen-bond donors (Lipinski definition) is 4. The number of imidazole rings is 1. The number of ether oxygens (including phenoxy) is 2. The van der Waals surface area contributed by atoms with Gasteiger partial charge in [0, 0.05) is 6.42 Å². The van der Waals surface area contributed by atoms with Crippen molar-refractivity contribution in [1.29, 1.82) is 0 Å². The summed E-state index contributed by atoms with van der Waals surface area (Å²) in [4.78, 5) is 24.3. The lowest BCUT2D eigenvalue weighted by atomic mass is 10.0. The van der Waals surface area contributed by atoms with Gasteiger partial charge in [0.05, 0.1) is 12.9 Å². The number of hydrogen-bond acceptors (Lipinski definition) is 11. The predicted molar refractivity (Wildman–Crippen MR) is 142 cm³/mol. The van der Waals surface area contributed by atoms with E-state index in [0.717, 1.165) is 16.7 Å². The molecule has 0 spiro atoms. The molecule has 0 bridgehead atoms. The van der Waals surface area contributed by atoms with Crippen molar-refractivity contribution in [2.75, 3.05) is 12.3 Å². The van der Waals surface area contributed by atoms with Crippen LogP contribution in [-0.2, 0) is 36.4 Å². The number of rotatable bonds is 11. The minimum Gasteiger partial charge on any atom is -0.461 e. The minimum absolute atomic E-state index is 0.00122. The van der Waals surface area contributed by atoms with Crippen LogP contribution in [0.5, 0.6) is 0 Å². The predicted octanol–water partition coefficient (Wildman–Crippen LogP) is 2.29. The highest BCUT2D eigenvalue weighted by Gasteiger charge is 2.47. The molecule has 0 amide bonds. The van der Waals surface area contributed by atoms with Gasteiger partial charge in [-0.15, -0.1) is 4.52 Å². The van der Waals surface area contributed by atoms with Crippen molar-refractivity contribution in [3.63, 3.8) is 0 Å². The quantitative estimate of drug-likeness (QED) is 0.143. The average Bonchev–Trinajstić information content (AvgIpc) is 3.44. The molecular weight excluding hydrogens is 570 g/mol. The molecule has 5 N–H and O–H groups in total. The van der Waals surface area contributed by atoms with E-state index in [1.165, 1.54) is 17.8 Å². The Morgan fingerprint density at radius 2 is 2.12 bits per heavy atom. The Morgan fingerprint density at radius 3 is 2.85 bits per heavy atom. The first-order chi connectivity index (χ1) is 19.0. The maximum atomic E-state index is 15.0. The van der Waals surface area contributed by atoms with Gasteiger partial charge in [0.25, 0.3) is 0 Å². The number of nitrogens with two attached hydrogens (primary N) is 1. The molecule has 0 saturated carbocycles. The molecule has 3 aromatic rings. The summed E-state index contributed by atoms with van der Waals surface area (Å²) in [6.45, 7) is 4.55. The van der Waals surface area contributed by atoms with Gasteiger partial charge >= 0.3 is 14.1 Å². The first-order valence-corrected chi connectivity index (χ1v) is 13.9. The molecule has 1 aliphatic heterocycles. The lowest BCUT2D eigenvalue weighted by Gasteiger charge is -2.16. The van der Waals surface area contributed by atoms with Gasteiger partial charge in [0.2, 0.25) is 5.28 Å². The van der Waals surface area contributed by atoms with Crippen molar-refractivity contribution < 1.29 is 38.0 Å². The number of carbonyl (C=O) groups excluding carboxylic acids is 1. The second-order valence-corrected chi connectivity index (χ2v) is 10.8. The Hall–Kier alpha value is -2.84. The fourth-order valence-corrected chi connectivity index (χ4v) is 5.20. The van der Waals surface area contributed by atoms with Crippen LogP contribution in [0.25, 0.3) is 11.2 Å². The first kappa shape index (κ1) is 30.1. The van der Waals surface area contributed by atoms with E-state index in [9.17, 15) is 24.0 Å². The molecule has 40 heavy (non-hydrogen) atoms. The number of nitrogens with one attached hydrogen (secondary N) is 1. The highest BCUT2D eigenvalue weighted by molar-refractivity contribution is 7.36. The van der Waals surface area contributed by atoms with Crippen LogP contribution in [0.3, 0.4) is 0 Å². The van der Waals surface area contributed by atoms with E-state index in [1.54, 1.807) is 6.92 Å². The topological polar surface area (TPSA) is 184 Å². The van der Waals surface area contributed by atoms with Crippen LogP contribution in [0.2, 0.25) is 5.28 Å². The van der Waals surface area contributed by atoms with Gasteiger partial charge < -0.3 is 25.4 Å². The van der Waals surface area contributed by atoms with E-state index < -0.39 is 57.5 Å². The largest absolute Gasteiger partial charge is 0.613 e. The molecule has 1 saturated heterocycles. The highest BCUT2D eigenvalue weighted by Crippen LogP contribution is 2.35. The van der Waals surface area contributed by atoms with E-state index in [2.05, 4.69) is 20.0 Å². The van der Waals surface area contributed by atoms with Crippen LogP contribution in [0.1, 0.15) is 36.8 Å². The third kappa shape index (κ3) is 6.72. The Morgan fingerprint density at radius 1 is 1.38 bits per heavy atom.